The average molecular weight is 348 g/mol. The van der Waals surface area contributed by atoms with Crippen molar-refractivity contribution in [2.75, 3.05) is 18.5 Å². The van der Waals surface area contributed by atoms with Gasteiger partial charge in [0.1, 0.15) is 30.5 Å². The molecular weight excluding hydrogens is 324 g/mol. The van der Waals surface area contributed by atoms with Crippen molar-refractivity contribution in [3.8, 4) is 11.5 Å². The number of hydrogen-bond acceptors (Lipinski definition) is 4. The van der Waals surface area contributed by atoms with Gasteiger partial charge in [-0.1, -0.05) is 30.3 Å². The zero-order chi connectivity index (χ0) is 18.2. The summed E-state index contributed by atoms with van der Waals surface area (Å²) in [4.78, 5) is 4.26. The number of aryl methyl sites for hydroxylation is 1. The fourth-order valence-electron chi connectivity index (χ4n) is 2.60. The zero-order valence-electron chi connectivity index (χ0n) is 15.2. The quantitative estimate of drug-likeness (QED) is 0.596. The summed E-state index contributed by atoms with van der Waals surface area (Å²) < 4.78 is 11.7. The van der Waals surface area contributed by atoms with Crippen LogP contribution in [0.5, 0.6) is 11.5 Å². The molecule has 0 saturated carbocycles. The van der Waals surface area contributed by atoms with Gasteiger partial charge in [-0.25, -0.2) is 4.98 Å². The molecular formula is C22H24N2O2. The van der Waals surface area contributed by atoms with Gasteiger partial charge < -0.3 is 14.8 Å². The number of pyridine rings is 1. The van der Waals surface area contributed by atoms with Crippen LogP contribution in [0.15, 0.2) is 66.9 Å². The van der Waals surface area contributed by atoms with Gasteiger partial charge in [-0.05, 0) is 60.9 Å². The minimum absolute atomic E-state index is 0.504. The lowest BCUT2D eigenvalue weighted by Gasteiger charge is -2.12. The lowest BCUT2D eigenvalue weighted by atomic mass is 10.1. The highest BCUT2D eigenvalue weighted by molar-refractivity contribution is 5.38. The van der Waals surface area contributed by atoms with Crippen LogP contribution in [-0.4, -0.2) is 18.2 Å². The fourth-order valence-corrected chi connectivity index (χ4v) is 2.60. The standard InChI is InChI=1S/C22H24N2O2/c1-17-7-5-10-21(18(17)2)26-14-13-25-20-9-6-8-19(15-20)16-24-22-11-3-4-12-23-22/h3-12,15H,13-14,16H2,1-2H3,(H,23,24). The largest absolute Gasteiger partial charge is 0.490 e. The molecule has 134 valence electrons. The number of hydrogen-bond donors (Lipinski definition) is 1. The minimum Gasteiger partial charge on any atom is -0.490 e. The molecule has 26 heavy (non-hydrogen) atoms. The molecule has 0 atom stereocenters. The summed E-state index contributed by atoms with van der Waals surface area (Å²) in [6.07, 6.45) is 1.78. The predicted octanol–water partition coefficient (Wildman–Crippen LogP) is 4.77. The van der Waals surface area contributed by atoms with Crippen molar-refractivity contribution in [1.82, 2.24) is 4.98 Å². The summed E-state index contributed by atoms with van der Waals surface area (Å²) >= 11 is 0. The number of rotatable bonds is 8. The van der Waals surface area contributed by atoms with Crippen LogP contribution in [0.4, 0.5) is 5.82 Å². The van der Waals surface area contributed by atoms with Crippen LogP contribution in [0.3, 0.4) is 0 Å². The van der Waals surface area contributed by atoms with Crippen molar-refractivity contribution < 1.29 is 9.47 Å². The number of aromatic nitrogens is 1. The first-order chi connectivity index (χ1) is 12.7. The van der Waals surface area contributed by atoms with Crippen LogP contribution in [0, 0.1) is 13.8 Å². The summed E-state index contributed by atoms with van der Waals surface area (Å²) in [7, 11) is 0. The molecule has 0 amide bonds. The van der Waals surface area contributed by atoms with Crippen molar-refractivity contribution >= 4 is 5.82 Å². The highest BCUT2D eigenvalue weighted by atomic mass is 16.5. The van der Waals surface area contributed by atoms with Crippen molar-refractivity contribution in [3.63, 3.8) is 0 Å². The third-order valence-corrected chi connectivity index (χ3v) is 4.20. The van der Waals surface area contributed by atoms with E-state index < -0.39 is 0 Å². The van der Waals surface area contributed by atoms with E-state index in [2.05, 4.69) is 36.3 Å². The van der Waals surface area contributed by atoms with E-state index in [-0.39, 0.29) is 0 Å². The molecule has 0 aliphatic heterocycles. The summed E-state index contributed by atoms with van der Waals surface area (Å²) in [6, 6.07) is 20.0. The maximum absolute atomic E-state index is 5.83. The van der Waals surface area contributed by atoms with Crippen molar-refractivity contribution in [1.29, 1.82) is 0 Å². The van der Waals surface area contributed by atoms with E-state index in [9.17, 15) is 0 Å². The number of nitrogens with one attached hydrogen (secondary N) is 1. The van der Waals surface area contributed by atoms with E-state index >= 15 is 0 Å². The minimum atomic E-state index is 0.504. The summed E-state index contributed by atoms with van der Waals surface area (Å²) in [5.74, 6) is 2.62. The topological polar surface area (TPSA) is 43.4 Å². The van der Waals surface area contributed by atoms with Gasteiger partial charge in [0.25, 0.3) is 0 Å². The van der Waals surface area contributed by atoms with Gasteiger partial charge in [-0.15, -0.1) is 0 Å². The molecule has 0 radical (unpaired) electrons. The molecule has 4 nitrogen and oxygen atoms in total. The van der Waals surface area contributed by atoms with Crippen molar-refractivity contribution in [3.05, 3.63) is 83.6 Å². The van der Waals surface area contributed by atoms with E-state index in [0.717, 1.165) is 22.9 Å². The van der Waals surface area contributed by atoms with E-state index in [1.54, 1.807) is 6.20 Å². The smallest absolute Gasteiger partial charge is 0.126 e. The third-order valence-electron chi connectivity index (χ3n) is 4.20. The van der Waals surface area contributed by atoms with E-state index in [0.29, 0.717) is 19.8 Å². The highest BCUT2D eigenvalue weighted by Crippen LogP contribution is 2.20. The van der Waals surface area contributed by atoms with E-state index in [1.165, 1.54) is 11.1 Å². The molecule has 0 spiro atoms. The Hall–Kier alpha value is -3.01. The Morgan fingerprint density at radius 3 is 2.58 bits per heavy atom. The van der Waals surface area contributed by atoms with Gasteiger partial charge in [0.2, 0.25) is 0 Å². The summed E-state index contributed by atoms with van der Waals surface area (Å²) in [6.45, 7) is 5.88. The van der Waals surface area contributed by atoms with Gasteiger partial charge in [0, 0.05) is 12.7 Å². The number of ether oxygens (including phenoxy) is 2. The maximum Gasteiger partial charge on any atom is 0.126 e. The Balaban J connectivity index is 1.47. The Bertz CT molecular complexity index is 835. The molecule has 3 aromatic rings. The lowest BCUT2D eigenvalue weighted by Crippen LogP contribution is -2.10. The van der Waals surface area contributed by atoms with Gasteiger partial charge in [0.05, 0.1) is 0 Å². The molecule has 0 unspecified atom stereocenters. The molecule has 0 fully saturated rings. The fraction of sp³-hybridized carbons (Fsp3) is 0.227. The normalized spacial score (nSPS) is 10.4. The summed E-state index contributed by atoms with van der Waals surface area (Å²) in [5, 5.41) is 3.30. The number of benzene rings is 2. The number of anilines is 1. The SMILES string of the molecule is Cc1cccc(OCCOc2cccc(CNc3ccccn3)c2)c1C. The van der Waals surface area contributed by atoms with Gasteiger partial charge >= 0.3 is 0 Å². The van der Waals surface area contributed by atoms with Crippen LogP contribution in [0.1, 0.15) is 16.7 Å². The predicted molar refractivity (Wildman–Crippen MR) is 105 cm³/mol. The summed E-state index contributed by atoms with van der Waals surface area (Å²) in [5.41, 5.74) is 3.55. The first-order valence-electron chi connectivity index (χ1n) is 8.78. The first kappa shape index (κ1) is 17.8. The molecule has 0 bridgehead atoms. The van der Waals surface area contributed by atoms with E-state index in [4.69, 9.17) is 9.47 Å². The zero-order valence-corrected chi connectivity index (χ0v) is 15.2. The molecule has 1 heterocycles. The molecule has 1 N–H and O–H groups in total. The molecule has 0 aliphatic rings. The Morgan fingerprint density at radius 1 is 0.885 bits per heavy atom. The highest BCUT2D eigenvalue weighted by Gasteiger charge is 2.02. The molecule has 3 rings (SSSR count). The third kappa shape index (κ3) is 4.99. The number of nitrogens with zero attached hydrogens (tertiary/aromatic N) is 1. The second-order valence-electron chi connectivity index (χ2n) is 6.11. The molecule has 0 aliphatic carbocycles. The molecule has 1 aromatic heterocycles. The second-order valence-corrected chi connectivity index (χ2v) is 6.11. The molecule has 0 saturated heterocycles. The van der Waals surface area contributed by atoms with Crippen LogP contribution < -0.4 is 14.8 Å². The lowest BCUT2D eigenvalue weighted by molar-refractivity contribution is 0.216. The van der Waals surface area contributed by atoms with Gasteiger partial charge in [0.15, 0.2) is 0 Å². The van der Waals surface area contributed by atoms with Crippen LogP contribution in [0.2, 0.25) is 0 Å². The van der Waals surface area contributed by atoms with Crippen LogP contribution in [0.25, 0.3) is 0 Å². The van der Waals surface area contributed by atoms with Crippen molar-refractivity contribution in [2.24, 2.45) is 0 Å². The van der Waals surface area contributed by atoms with Crippen molar-refractivity contribution in [2.45, 2.75) is 20.4 Å². The Morgan fingerprint density at radius 2 is 1.73 bits per heavy atom. The van der Waals surface area contributed by atoms with Gasteiger partial charge in [-0.2, -0.15) is 0 Å². The Kier molecular flexibility index (Phi) is 6.09. The van der Waals surface area contributed by atoms with Crippen LogP contribution >= 0.6 is 0 Å². The first-order valence-corrected chi connectivity index (χ1v) is 8.78. The maximum atomic E-state index is 5.83. The Labute approximate surface area is 154 Å². The molecule has 4 heteroatoms. The van der Waals surface area contributed by atoms with Gasteiger partial charge in [-0.3, -0.25) is 0 Å². The second kappa shape index (κ2) is 8.90. The van der Waals surface area contributed by atoms with Crippen LogP contribution in [-0.2, 0) is 6.54 Å². The monoisotopic (exact) mass is 348 g/mol. The molecule has 2 aromatic carbocycles. The average Bonchev–Trinajstić information content (AvgIpc) is 2.68. The van der Waals surface area contributed by atoms with E-state index in [1.807, 2.05) is 48.5 Å².